The Balaban J connectivity index is 1.64. The average molecular weight is 333 g/mol. The molecule has 1 aromatic rings. The number of hydrogen-bond acceptors (Lipinski definition) is 6. The fourth-order valence-electron chi connectivity index (χ4n) is 3.89. The standard InChI is InChI=1S/C17H23N3O4/c1-3-23-15-9-14(17(15)4-6-22-7-5-17)19-16(21)8-13-12(10-18)11(2)24-20-13/h14-15H,3-9H2,1-2H3,(H,19,21)/t14-,15-/m1/s1. The number of nitrogens with zero attached hydrogens (tertiary/aromatic N) is 2. The molecule has 3 rings (SSSR count). The van der Waals surface area contributed by atoms with Gasteiger partial charge < -0.3 is 19.3 Å². The molecule has 1 aromatic heterocycles. The Morgan fingerprint density at radius 1 is 1.50 bits per heavy atom. The van der Waals surface area contributed by atoms with E-state index in [1.54, 1.807) is 6.92 Å². The smallest absolute Gasteiger partial charge is 0.226 e. The fourth-order valence-corrected chi connectivity index (χ4v) is 3.89. The zero-order valence-corrected chi connectivity index (χ0v) is 14.1. The topological polar surface area (TPSA) is 97.4 Å². The highest BCUT2D eigenvalue weighted by Gasteiger charge is 2.56. The first-order chi connectivity index (χ1) is 11.6. The van der Waals surface area contributed by atoms with Crippen LogP contribution in [0.5, 0.6) is 0 Å². The summed E-state index contributed by atoms with van der Waals surface area (Å²) in [4.78, 5) is 12.4. The lowest BCUT2D eigenvalue weighted by Gasteiger charge is -2.57. The number of nitrogens with one attached hydrogen (secondary N) is 1. The molecule has 7 nitrogen and oxygen atoms in total. The van der Waals surface area contributed by atoms with Gasteiger partial charge in [-0.25, -0.2) is 0 Å². The lowest BCUT2D eigenvalue weighted by Crippen LogP contribution is -2.66. The van der Waals surface area contributed by atoms with E-state index in [1.165, 1.54) is 0 Å². The highest BCUT2D eigenvalue weighted by Crippen LogP contribution is 2.50. The number of hydrogen-bond donors (Lipinski definition) is 1. The second kappa shape index (κ2) is 6.91. The van der Waals surface area contributed by atoms with Crippen molar-refractivity contribution in [3.63, 3.8) is 0 Å². The van der Waals surface area contributed by atoms with E-state index >= 15 is 0 Å². The van der Waals surface area contributed by atoms with Crippen LogP contribution < -0.4 is 5.32 Å². The summed E-state index contributed by atoms with van der Waals surface area (Å²) < 4.78 is 16.3. The van der Waals surface area contributed by atoms with E-state index in [2.05, 4.69) is 10.5 Å². The maximum Gasteiger partial charge on any atom is 0.226 e. The van der Waals surface area contributed by atoms with Crippen molar-refractivity contribution >= 4 is 5.91 Å². The molecule has 0 radical (unpaired) electrons. The van der Waals surface area contributed by atoms with Gasteiger partial charge in [0.05, 0.1) is 12.5 Å². The Hall–Kier alpha value is -1.91. The quantitative estimate of drug-likeness (QED) is 0.877. The van der Waals surface area contributed by atoms with Crippen LogP contribution in [-0.2, 0) is 20.7 Å². The second-order valence-corrected chi connectivity index (χ2v) is 6.49. The largest absolute Gasteiger partial charge is 0.381 e. The average Bonchev–Trinajstić information content (AvgIpc) is 2.94. The minimum absolute atomic E-state index is 0.0261. The third-order valence-corrected chi connectivity index (χ3v) is 5.28. The molecule has 2 aliphatic rings. The van der Waals surface area contributed by atoms with Crippen molar-refractivity contribution in [1.29, 1.82) is 5.26 Å². The van der Waals surface area contributed by atoms with Gasteiger partial charge >= 0.3 is 0 Å². The molecule has 0 aromatic carbocycles. The maximum absolute atomic E-state index is 12.4. The Bertz CT molecular complexity index is 643. The van der Waals surface area contributed by atoms with E-state index in [0.717, 1.165) is 19.3 Å². The van der Waals surface area contributed by atoms with Crippen LogP contribution in [-0.4, -0.2) is 43.0 Å². The molecule has 0 bridgehead atoms. The summed E-state index contributed by atoms with van der Waals surface area (Å²) in [5.74, 6) is 0.312. The molecule has 130 valence electrons. The molecule has 1 aliphatic heterocycles. The van der Waals surface area contributed by atoms with Gasteiger partial charge in [0.2, 0.25) is 5.91 Å². The van der Waals surface area contributed by atoms with Gasteiger partial charge in [-0.1, -0.05) is 5.16 Å². The first-order valence-electron chi connectivity index (χ1n) is 8.44. The Morgan fingerprint density at radius 3 is 2.92 bits per heavy atom. The van der Waals surface area contributed by atoms with Gasteiger partial charge in [-0.2, -0.15) is 5.26 Å². The van der Waals surface area contributed by atoms with E-state index in [1.807, 2.05) is 13.0 Å². The lowest BCUT2D eigenvalue weighted by atomic mass is 9.57. The predicted octanol–water partition coefficient (Wildman–Crippen LogP) is 1.49. The molecular weight excluding hydrogens is 310 g/mol. The molecule has 1 N–H and O–H groups in total. The van der Waals surface area contributed by atoms with Crippen molar-refractivity contribution in [2.24, 2.45) is 5.41 Å². The van der Waals surface area contributed by atoms with Gasteiger partial charge in [-0.3, -0.25) is 4.79 Å². The second-order valence-electron chi connectivity index (χ2n) is 6.49. The van der Waals surface area contributed by atoms with E-state index < -0.39 is 0 Å². The molecule has 1 saturated heterocycles. The number of carbonyl (C=O) groups is 1. The molecular formula is C17H23N3O4. The van der Waals surface area contributed by atoms with Crippen molar-refractivity contribution in [2.45, 2.75) is 51.7 Å². The number of carbonyl (C=O) groups excluding carboxylic acids is 1. The van der Waals surface area contributed by atoms with Crippen LogP contribution in [0.3, 0.4) is 0 Å². The first-order valence-corrected chi connectivity index (χ1v) is 8.44. The molecule has 2 fully saturated rings. The molecule has 1 spiro atoms. The first kappa shape index (κ1) is 16.9. The number of ether oxygens (including phenoxy) is 2. The van der Waals surface area contributed by atoms with Crippen LogP contribution >= 0.6 is 0 Å². The highest BCUT2D eigenvalue weighted by atomic mass is 16.5. The third-order valence-electron chi connectivity index (χ3n) is 5.28. The Labute approximate surface area is 141 Å². The van der Waals surface area contributed by atoms with Crippen LogP contribution in [0.25, 0.3) is 0 Å². The fraction of sp³-hybridized carbons (Fsp3) is 0.706. The van der Waals surface area contributed by atoms with Crippen LogP contribution in [0.1, 0.15) is 43.2 Å². The summed E-state index contributed by atoms with van der Waals surface area (Å²) in [6, 6.07) is 2.13. The van der Waals surface area contributed by atoms with E-state index in [-0.39, 0.29) is 29.9 Å². The monoisotopic (exact) mass is 333 g/mol. The number of amides is 1. The summed E-state index contributed by atoms with van der Waals surface area (Å²) in [7, 11) is 0. The van der Waals surface area contributed by atoms with Crippen molar-refractivity contribution in [3.05, 3.63) is 17.0 Å². The summed E-state index contributed by atoms with van der Waals surface area (Å²) in [6.07, 6.45) is 2.86. The van der Waals surface area contributed by atoms with Crippen molar-refractivity contribution in [2.75, 3.05) is 19.8 Å². The normalized spacial score (nSPS) is 25.0. The molecule has 7 heteroatoms. The molecule has 2 heterocycles. The van der Waals surface area contributed by atoms with Crippen LogP contribution in [0, 0.1) is 23.7 Å². The molecule has 1 aliphatic carbocycles. The molecule has 2 atom stereocenters. The van der Waals surface area contributed by atoms with Crippen LogP contribution in [0.4, 0.5) is 0 Å². The van der Waals surface area contributed by atoms with E-state index in [4.69, 9.17) is 19.3 Å². The number of rotatable bonds is 5. The van der Waals surface area contributed by atoms with Gasteiger partial charge in [0.15, 0.2) is 5.76 Å². The SMILES string of the molecule is CCO[C@@H]1C[C@@H](NC(=O)Cc2noc(C)c2C#N)C12CCOCC2. The van der Waals surface area contributed by atoms with Crippen LogP contribution in [0.15, 0.2) is 4.52 Å². The summed E-state index contributed by atoms with van der Waals surface area (Å²) >= 11 is 0. The van der Waals surface area contributed by atoms with Gasteiger partial charge in [-0.05, 0) is 33.1 Å². The summed E-state index contributed by atoms with van der Waals surface area (Å²) in [5, 5.41) is 16.1. The lowest BCUT2D eigenvalue weighted by molar-refractivity contribution is -0.175. The zero-order valence-electron chi connectivity index (χ0n) is 14.1. The van der Waals surface area contributed by atoms with Gasteiger partial charge in [0.1, 0.15) is 17.3 Å². The van der Waals surface area contributed by atoms with Gasteiger partial charge in [0, 0.05) is 31.3 Å². The number of aryl methyl sites for hydroxylation is 1. The summed E-state index contributed by atoms with van der Waals surface area (Å²) in [6.45, 7) is 5.75. The maximum atomic E-state index is 12.4. The van der Waals surface area contributed by atoms with Gasteiger partial charge in [-0.15, -0.1) is 0 Å². The predicted molar refractivity (Wildman–Crippen MR) is 84.1 cm³/mol. The number of nitriles is 1. The Morgan fingerprint density at radius 2 is 2.25 bits per heavy atom. The minimum Gasteiger partial charge on any atom is -0.381 e. The van der Waals surface area contributed by atoms with Gasteiger partial charge in [0.25, 0.3) is 0 Å². The zero-order chi connectivity index (χ0) is 17.2. The third kappa shape index (κ3) is 2.92. The highest BCUT2D eigenvalue weighted by molar-refractivity contribution is 5.79. The van der Waals surface area contributed by atoms with Crippen molar-refractivity contribution in [1.82, 2.24) is 10.5 Å². The minimum atomic E-state index is -0.134. The molecule has 1 saturated carbocycles. The molecule has 0 unspecified atom stereocenters. The van der Waals surface area contributed by atoms with E-state index in [0.29, 0.717) is 36.8 Å². The number of aromatic nitrogens is 1. The van der Waals surface area contributed by atoms with Crippen molar-refractivity contribution < 1.29 is 18.8 Å². The molecule has 1 amide bonds. The van der Waals surface area contributed by atoms with Crippen molar-refractivity contribution in [3.8, 4) is 6.07 Å². The molecule has 24 heavy (non-hydrogen) atoms. The van der Waals surface area contributed by atoms with E-state index in [9.17, 15) is 4.79 Å². The van der Waals surface area contributed by atoms with Crippen LogP contribution in [0.2, 0.25) is 0 Å². The summed E-state index contributed by atoms with van der Waals surface area (Å²) in [5.41, 5.74) is 0.725. The Kier molecular flexibility index (Phi) is 4.88.